The van der Waals surface area contributed by atoms with Crippen LogP contribution in [0, 0.1) is 6.92 Å². The third kappa shape index (κ3) is 3.90. The van der Waals surface area contributed by atoms with Crippen molar-refractivity contribution >= 4 is 31.6 Å². The summed E-state index contributed by atoms with van der Waals surface area (Å²) < 4.78 is 55.6. The van der Waals surface area contributed by atoms with Crippen LogP contribution in [-0.4, -0.2) is 61.4 Å². The predicted octanol–water partition coefficient (Wildman–Crippen LogP) is 1.47. The number of aryl methyl sites for hydroxylation is 1. The molecule has 0 aliphatic carbocycles. The van der Waals surface area contributed by atoms with Crippen molar-refractivity contribution < 1.29 is 16.8 Å². The van der Waals surface area contributed by atoms with Crippen molar-refractivity contribution in [3.05, 3.63) is 41.2 Å². The van der Waals surface area contributed by atoms with Crippen molar-refractivity contribution in [3.63, 3.8) is 0 Å². The maximum atomic E-state index is 13.0. The van der Waals surface area contributed by atoms with E-state index in [-0.39, 0.29) is 36.0 Å². The summed E-state index contributed by atoms with van der Waals surface area (Å²) in [6.07, 6.45) is 3.13. The Bertz CT molecular complexity index is 1050. The molecule has 11 heteroatoms. The van der Waals surface area contributed by atoms with Gasteiger partial charge < -0.3 is 0 Å². The van der Waals surface area contributed by atoms with Crippen LogP contribution in [0.2, 0.25) is 5.02 Å². The number of rotatable bonds is 4. The molecular weight excluding hydrogens is 412 g/mol. The Morgan fingerprint density at radius 3 is 2.22 bits per heavy atom. The van der Waals surface area contributed by atoms with Gasteiger partial charge in [-0.05, 0) is 31.0 Å². The monoisotopic (exact) mass is 432 g/mol. The van der Waals surface area contributed by atoms with Crippen molar-refractivity contribution in [2.45, 2.75) is 23.1 Å². The molecule has 0 spiro atoms. The molecule has 1 aromatic heterocycles. The summed E-state index contributed by atoms with van der Waals surface area (Å²) >= 11 is 6.07. The molecule has 0 amide bonds. The molecule has 2 aromatic rings. The maximum absolute atomic E-state index is 13.0. The summed E-state index contributed by atoms with van der Waals surface area (Å²) in [4.78, 5) is 0.255. The summed E-state index contributed by atoms with van der Waals surface area (Å²) in [6, 6.07) is 4.76. The Morgan fingerprint density at radius 2 is 1.63 bits per heavy atom. The summed E-state index contributed by atoms with van der Waals surface area (Å²) in [5.74, 6) is 0. The van der Waals surface area contributed by atoms with Crippen LogP contribution < -0.4 is 0 Å². The Kier molecular flexibility index (Phi) is 5.64. The van der Waals surface area contributed by atoms with Gasteiger partial charge in [0, 0.05) is 44.4 Å². The maximum Gasteiger partial charge on any atom is 0.246 e. The largest absolute Gasteiger partial charge is 0.274 e. The lowest BCUT2D eigenvalue weighted by molar-refractivity contribution is 0.404. The van der Waals surface area contributed by atoms with Crippen molar-refractivity contribution in [1.29, 1.82) is 0 Å². The average molecular weight is 433 g/mol. The topological polar surface area (TPSA) is 92.6 Å². The van der Waals surface area contributed by atoms with Crippen LogP contribution in [0.3, 0.4) is 0 Å². The van der Waals surface area contributed by atoms with E-state index >= 15 is 0 Å². The van der Waals surface area contributed by atoms with Gasteiger partial charge in [-0.3, -0.25) is 4.68 Å². The minimum absolute atomic E-state index is 0.0772. The Balaban J connectivity index is 1.83. The molecule has 2 heterocycles. The number of nitrogens with zero attached hydrogens (tertiary/aromatic N) is 4. The zero-order valence-corrected chi connectivity index (χ0v) is 17.4. The number of hydrogen-bond donors (Lipinski definition) is 0. The van der Waals surface area contributed by atoms with Gasteiger partial charge in [0.1, 0.15) is 4.90 Å². The first-order valence-corrected chi connectivity index (χ1v) is 11.6. The van der Waals surface area contributed by atoms with E-state index in [1.165, 1.54) is 31.8 Å². The van der Waals surface area contributed by atoms with Gasteiger partial charge in [-0.15, -0.1) is 0 Å². The van der Waals surface area contributed by atoms with Gasteiger partial charge in [-0.2, -0.15) is 13.7 Å². The normalized spacial score (nSPS) is 17.7. The van der Waals surface area contributed by atoms with E-state index in [9.17, 15) is 16.8 Å². The number of benzene rings is 1. The number of aromatic nitrogens is 2. The Labute approximate surface area is 164 Å². The van der Waals surface area contributed by atoms with E-state index in [0.29, 0.717) is 17.0 Å². The first kappa shape index (κ1) is 20.3. The molecule has 27 heavy (non-hydrogen) atoms. The first-order valence-electron chi connectivity index (χ1n) is 8.38. The molecule has 8 nitrogen and oxygen atoms in total. The first-order chi connectivity index (χ1) is 12.6. The molecule has 1 fully saturated rings. The van der Waals surface area contributed by atoms with Crippen molar-refractivity contribution in [2.24, 2.45) is 7.05 Å². The smallest absolute Gasteiger partial charge is 0.246 e. The third-order valence-corrected chi connectivity index (χ3v) is 8.87. The number of halogens is 1. The summed E-state index contributed by atoms with van der Waals surface area (Å²) in [5.41, 5.74) is 0.489. The molecule has 3 rings (SSSR count). The summed E-state index contributed by atoms with van der Waals surface area (Å²) in [5, 5.41) is 4.29. The van der Waals surface area contributed by atoms with Crippen molar-refractivity contribution in [2.75, 3.05) is 26.2 Å². The highest BCUT2D eigenvalue weighted by Gasteiger charge is 2.33. The molecule has 0 N–H and O–H groups in total. The lowest BCUT2D eigenvalue weighted by Gasteiger charge is -2.22. The second-order valence-electron chi connectivity index (χ2n) is 6.37. The number of sulfonamides is 2. The van der Waals surface area contributed by atoms with Gasteiger partial charge in [-0.25, -0.2) is 16.8 Å². The van der Waals surface area contributed by atoms with Crippen LogP contribution in [0.1, 0.15) is 12.0 Å². The van der Waals surface area contributed by atoms with E-state index in [1.54, 1.807) is 26.1 Å². The summed E-state index contributed by atoms with van der Waals surface area (Å²) in [7, 11) is -5.82. The standard InChI is InChI=1S/C16H21ClN4O4S2/c1-13-15(17)5-3-6-16(13)27(24,25)21-8-4-7-20(9-10-21)26(22,23)14-11-18-19(2)12-14/h3,5-6,11-12H,4,7-10H2,1-2H3. The highest BCUT2D eigenvalue weighted by atomic mass is 35.5. The molecule has 1 saturated heterocycles. The zero-order chi connectivity index (χ0) is 19.8. The van der Waals surface area contributed by atoms with Gasteiger partial charge >= 0.3 is 0 Å². The Hall–Kier alpha value is -1.46. The van der Waals surface area contributed by atoms with E-state index in [1.807, 2.05) is 0 Å². The van der Waals surface area contributed by atoms with E-state index in [4.69, 9.17) is 11.6 Å². The van der Waals surface area contributed by atoms with Crippen LogP contribution in [-0.2, 0) is 27.1 Å². The molecule has 0 radical (unpaired) electrons. The second kappa shape index (κ2) is 7.51. The zero-order valence-electron chi connectivity index (χ0n) is 15.0. The summed E-state index contributed by atoms with van der Waals surface area (Å²) in [6.45, 7) is 2.31. The third-order valence-electron chi connectivity index (χ3n) is 4.57. The molecule has 1 aliphatic heterocycles. The molecule has 0 bridgehead atoms. The molecule has 0 saturated carbocycles. The van der Waals surface area contributed by atoms with Gasteiger partial charge in [0.05, 0.1) is 11.1 Å². The molecule has 0 unspecified atom stereocenters. The molecular formula is C16H21ClN4O4S2. The van der Waals surface area contributed by atoms with Gasteiger partial charge in [0.15, 0.2) is 0 Å². The van der Waals surface area contributed by atoms with Gasteiger partial charge in [0.25, 0.3) is 0 Å². The van der Waals surface area contributed by atoms with E-state index in [0.717, 1.165) is 0 Å². The van der Waals surface area contributed by atoms with Crippen molar-refractivity contribution in [3.8, 4) is 0 Å². The minimum Gasteiger partial charge on any atom is -0.274 e. The number of hydrogen-bond acceptors (Lipinski definition) is 5. The fraction of sp³-hybridized carbons (Fsp3) is 0.438. The van der Waals surface area contributed by atoms with Gasteiger partial charge in [0.2, 0.25) is 20.0 Å². The highest BCUT2D eigenvalue weighted by molar-refractivity contribution is 7.89. The SMILES string of the molecule is Cc1c(Cl)cccc1S(=O)(=O)N1CCCN(S(=O)(=O)c2cnn(C)c2)CC1. The van der Waals surface area contributed by atoms with Gasteiger partial charge in [-0.1, -0.05) is 17.7 Å². The molecule has 148 valence electrons. The average Bonchev–Trinajstić information content (AvgIpc) is 2.90. The van der Waals surface area contributed by atoms with E-state index in [2.05, 4.69) is 5.10 Å². The quantitative estimate of drug-likeness (QED) is 0.729. The van der Waals surface area contributed by atoms with Crippen LogP contribution >= 0.6 is 11.6 Å². The minimum atomic E-state index is -3.76. The fourth-order valence-corrected chi connectivity index (χ4v) is 6.44. The molecule has 0 atom stereocenters. The van der Waals surface area contributed by atoms with E-state index < -0.39 is 20.0 Å². The van der Waals surface area contributed by atoms with Crippen molar-refractivity contribution in [1.82, 2.24) is 18.4 Å². The highest BCUT2D eigenvalue weighted by Crippen LogP contribution is 2.27. The molecule has 1 aliphatic rings. The van der Waals surface area contributed by atoms with Crippen LogP contribution in [0.4, 0.5) is 0 Å². The molecule has 1 aromatic carbocycles. The van der Waals surface area contributed by atoms with Crippen LogP contribution in [0.25, 0.3) is 0 Å². The van der Waals surface area contributed by atoms with Crippen LogP contribution in [0.5, 0.6) is 0 Å². The second-order valence-corrected chi connectivity index (χ2v) is 10.6. The lowest BCUT2D eigenvalue weighted by Crippen LogP contribution is -2.37. The van der Waals surface area contributed by atoms with Crippen LogP contribution in [0.15, 0.2) is 40.4 Å². The predicted molar refractivity (Wildman–Crippen MR) is 102 cm³/mol. The lowest BCUT2D eigenvalue weighted by atomic mass is 10.2. The fourth-order valence-electron chi connectivity index (χ4n) is 3.04. The Morgan fingerprint density at radius 1 is 1.00 bits per heavy atom.